The van der Waals surface area contributed by atoms with Crippen LogP contribution in [0.3, 0.4) is 0 Å². The van der Waals surface area contributed by atoms with E-state index >= 15 is 0 Å². The fraction of sp³-hybridized carbons (Fsp3) is 0.833. The molecule has 2 rings (SSSR count). The second-order valence-corrected chi connectivity index (χ2v) is 7.37. The number of aliphatic hydroxyl groups is 1. The van der Waals surface area contributed by atoms with Crippen LogP contribution in [0.4, 0.5) is 4.79 Å². The Morgan fingerprint density at radius 2 is 2.00 bits per heavy atom. The lowest BCUT2D eigenvalue weighted by Gasteiger charge is -2.32. The summed E-state index contributed by atoms with van der Waals surface area (Å²) in [6, 6.07) is -0.116. The first-order valence-electron chi connectivity index (χ1n) is 8.90. The molecule has 0 aromatic heterocycles. The molecule has 2 aliphatic rings. The van der Waals surface area contributed by atoms with Crippen LogP contribution in [0.25, 0.3) is 0 Å². The highest BCUT2D eigenvalue weighted by Crippen LogP contribution is 2.28. The van der Waals surface area contributed by atoms with E-state index in [0.29, 0.717) is 19.0 Å². The SMILES string of the molecule is C=C(C)[C@@H]1OCC[C@@H]1CNC(=O)N(C)CC1(O)CCCCCC1. The molecule has 132 valence electrons. The predicted octanol–water partition coefficient (Wildman–Crippen LogP) is 2.69. The third-order valence-electron chi connectivity index (χ3n) is 5.13. The molecule has 2 N–H and O–H groups in total. The summed E-state index contributed by atoms with van der Waals surface area (Å²) in [4.78, 5) is 13.9. The van der Waals surface area contributed by atoms with E-state index in [0.717, 1.165) is 44.3 Å². The summed E-state index contributed by atoms with van der Waals surface area (Å²) in [6.07, 6.45) is 7.04. The smallest absolute Gasteiger partial charge is 0.317 e. The third-order valence-corrected chi connectivity index (χ3v) is 5.13. The number of urea groups is 1. The van der Waals surface area contributed by atoms with Crippen LogP contribution in [0.2, 0.25) is 0 Å². The van der Waals surface area contributed by atoms with E-state index in [4.69, 9.17) is 4.74 Å². The molecule has 2 amide bonds. The van der Waals surface area contributed by atoms with Crippen molar-refractivity contribution in [1.29, 1.82) is 0 Å². The molecule has 0 bridgehead atoms. The lowest BCUT2D eigenvalue weighted by Crippen LogP contribution is -2.48. The van der Waals surface area contributed by atoms with Gasteiger partial charge in [-0.15, -0.1) is 0 Å². The molecule has 1 aliphatic heterocycles. The zero-order chi connectivity index (χ0) is 16.9. The van der Waals surface area contributed by atoms with E-state index in [1.54, 1.807) is 11.9 Å². The molecule has 0 aromatic rings. The van der Waals surface area contributed by atoms with Gasteiger partial charge in [-0.1, -0.05) is 37.8 Å². The van der Waals surface area contributed by atoms with Gasteiger partial charge in [0.25, 0.3) is 0 Å². The minimum Gasteiger partial charge on any atom is -0.388 e. The molecule has 0 spiro atoms. The molecule has 5 heteroatoms. The van der Waals surface area contributed by atoms with E-state index in [2.05, 4.69) is 11.9 Å². The number of amides is 2. The minimum absolute atomic E-state index is 0.0478. The molecule has 5 nitrogen and oxygen atoms in total. The molecular formula is C18H32N2O3. The van der Waals surface area contributed by atoms with Gasteiger partial charge < -0.3 is 20.1 Å². The summed E-state index contributed by atoms with van der Waals surface area (Å²) in [5.74, 6) is 0.297. The van der Waals surface area contributed by atoms with Crippen molar-refractivity contribution in [1.82, 2.24) is 10.2 Å². The summed E-state index contributed by atoms with van der Waals surface area (Å²) in [7, 11) is 1.76. The Kier molecular flexibility index (Phi) is 6.48. The Balaban J connectivity index is 1.79. The number of nitrogens with zero attached hydrogens (tertiary/aromatic N) is 1. The molecule has 0 aromatic carbocycles. The van der Waals surface area contributed by atoms with Gasteiger partial charge in [0.2, 0.25) is 0 Å². The maximum Gasteiger partial charge on any atom is 0.317 e. The largest absolute Gasteiger partial charge is 0.388 e. The second-order valence-electron chi connectivity index (χ2n) is 7.37. The van der Waals surface area contributed by atoms with Gasteiger partial charge >= 0.3 is 6.03 Å². The molecule has 1 saturated heterocycles. The normalized spacial score (nSPS) is 27.3. The zero-order valence-electron chi connectivity index (χ0n) is 14.6. The van der Waals surface area contributed by atoms with Gasteiger partial charge in [-0.2, -0.15) is 0 Å². The second kappa shape index (κ2) is 8.15. The van der Waals surface area contributed by atoms with Crippen molar-refractivity contribution < 1.29 is 14.6 Å². The van der Waals surface area contributed by atoms with Crippen molar-refractivity contribution in [3.05, 3.63) is 12.2 Å². The van der Waals surface area contributed by atoms with Gasteiger partial charge in [0.05, 0.1) is 18.2 Å². The third kappa shape index (κ3) is 5.21. The number of carbonyl (C=O) groups is 1. The maximum atomic E-state index is 12.3. The molecule has 1 aliphatic carbocycles. The molecule has 1 saturated carbocycles. The van der Waals surface area contributed by atoms with Crippen LogP contribution >= 0.6 is 0 Å². The number of ether oxygens (including phenoxy) is 1. The van der Waals surface area contributed by atoms with Crippen LogP contribution in [0.15, 0.2) is 12.2 Å². The van der Waals surface area contributed by atoms with Crippen LogP contribution in [0, 0.1) is 5.92 Å². The quantitative estimate of drug-likeness (QED) is 0.604. The van der Waals surface area contributed by atoms with Crippen molar-refractivity contribution in [3.8, 4) is 0 Å². The zero-order valence-corrected chi connectivity index (χ0v) is 14.6. The molecule has 23 heavy (non-hydrogen) atoms. The maximum absolute atomic E-state index is 12.3. The standard InChI is InChI=1S/C18H32N2O3/c1-14(2)16-15(8-11-23-16)12-19-17(21)20(3)13-18(22)9-6-4-5-7-10-18/h15-16,22H,1,4-13H2,2-3H3,(H,19,21)/t15-,16+/m1/s1. The number of likely N-dealkylation sites (N-methyl/N-ethyl adjacent to an activating group) is 1. The van der Waals surface area contributed by atoms with Crippen molar-refractivity contribution in [2.75, 3.05) is 26.7 Å². The lowest BCUT2D eigenvalue weighted by atomic mass is 9.94. The number of hydrogen-bond acceptors (Lipinski definition) is 3. The van der Waals surface area contributed by atoms with E-state index in [-0.39, 0.29) is 12.1 Å². The van der Waals surface area contributed by atoms with Gasteiger partial charge in [0.15, 0.2) is 0 Å². The molecule has 2 atom stereocenters. The number of carbonyl (C=O) groups excluding carboxylic acids is 1. The first-order chi connectivity index (χ1) is 10.9. The van der Waals surface area contributed by atoms with Crippen LogP contribution < -0.4 is 5.32 Å². The highest BCUT2D eigenvalue weighted by atomic mass is 16.5. The molecular weight excluding hydrogens is 292 g/mol. The highest BCUT2D eigenvalue weighted by Gasteiger charge is 2.32. The molecule has 0 radical (unpaired) electrons. The summed E-state index contributed by atoms with van der Waals surface area (Å²) in [6.45, 7) is 7.67. The first kappa shape index (κ1) is 18.3. The molecule has 2 fully saturated rings. The number of hydrogen-bond donors (Lipinski definition) is 2. The highest BCUT2D eigenvalue weighted by molar-refractivity contribution is 5.73. The summed E-state index contributed by atoms with van der Waals surface area (Å²) in [5.41, 5.74) is 0.294. The first-order valence-corrected chi connectivity index (χ1v) is 8.90. The summed E-state index contributed by atoms with van der Waals surface area (Å²) < 4.78 is 5.67. The molecule has 1 heterocycles. The van der Waals surface area contributed by atoms with Gasteiger partial charge in [-0.05, 0) is 26.2 Å². The average molecular weight is 324 g/mol. The topological polar surface area (TPSA) is 61.8 Å². The Labute approximate surface area is 140 Å². The van der Waals surface area contributed by atoms with Gasteiger partial charge in [0, 0.05) is 26.1 Å². The van der Waals surface area contributed by atoms with Gasteiger partial charge in [-0.3, -0.25) is 0 Å². The summed E-state index contributed by atoms with van der Waals surface area (Å²) in [5, 5.41) is 13.7. The van der Waals surface area contributed by atoms with E-state index in [1.807, 2.05) is 6.92 Å². The van der Waals surface area contributed by atoms with Crippen molar-refractivity contribution in [3.63, 3.8) is 0 Å². The Bertz CT molecular complexity index is 416. The van der Waals surface area contributed by atoms with Gasteiger partial charge in [-0.25, -0.2) is 4.79 Å². The Hall–Kier alpha value is -1.07. The fourth-order valence-electron chi connectivity index (χ4n) is 3.80. The van der Waals surface area contributed by atoms with Crippen LogP contribution in [-0.2, 0) is 4.74 Å². The monoisotopic (exact) mass is 324 g/mol. The van der Waals surface area contributed by atoms with Crippen LogP contribution in [0.1, 0.15) is 51.9 Å². The van der Waals surface area contributed by atoms with Crippen molar-refractivity contribution in [2.45, 2.75) is 63.6 Å². The van der Waals surface area contributed by atoms with E-state index in [1.165, 1.54) is 12.8 Å². The summed E-state index contributed by atoms with van der Waals surface area (Å²) >= 11 is 0. The Morgan fingerprint density at radius 3 is 2.61 bits per heavy atom. The number of rotatable bonds is 5. The molecule has 0 unspecified atom stereocenters. The average Bonchev–Trinajstić information content (AvgIpc) is 2.87. The van der Waals surface area contributed by atoms with Crippen LogP contribution in [0.5, 0.6) is 0 Å². The van der Waals surface area contributed by atoms with Crippen molar-refractivity contribution >= 4 is 6.03 Å². The van der Waals surface area contributed by atoms with Crippen LogP contribution in [-0.4, -0.2) is 54.5 Å². The minimum atomic E-state index is -0.723. The fourth-order valence-corrected chi connectivity index (χ4v) is 3.80. The van der Waals surface area contributed by atoms with Gasteiger partial charge in [0.1, 0.15) is 0 Å². The van der Waals surface area contributed by atoms with E-state index in [9.17, 15) is 9.90 Å². The van der Waals surface area contributed by atoms with Crippen molar-refractivity contribution in [2.24, 2.45) is 5.92 Å². The predicted molar refractivity (Wildman–Crippen MR) is 91.3 cm³/mol. The number of nitrogens with one attached hydrogen (secondary N) is 1. The lowest BCUT2D eigenvalue weighted by molar-refractivity contribution is 0.00451. The Morgan fingerprint density at radius 1 is 1.35 bits per heavy atom. The van der Waals surface area contributed by atoms with E-state index < -0.39 is 5.60 Å².